The lowest BCUT2D eigenvalue weighted by Gasteiger charge is -2.23. The van der Waals surface area contributed by atoms with Gasteiger partial charge in [0.2, 0.25) is 4.90 Å². The van der Waals surface area contributed by atoms with E-state index in [4.69, 9.17) is 27.0 Å². The number of benzene rings is 2. The molecule has 2 aliphatic rings. The summed E-state index contributed by atoms with van der Waals surface area (Å²) in [6, 6.07) is 14.9. The van der Waals surface area contributed by atoms with Gasteiger partial charge in [-0.05, 0) is 42.7 Å². The van der Waals surface area contributed by atoms with E-state index in [-0.39, 0.29) is 23.5 Å². The number of aliphatic carboxylic acids is 1. The number of para-hydroxylation sites is 1. The smallest absolute Gasteiger partial charge is 0.339 e. The Morgan fingerprint density at radius 3 is 2.74 bits per heavy atom. The highest BCUT2D eigenvalue weighted by Crippen LogP contribution is 2.45. The average molecular weight is 539 g/mol. The number of hydrazine groups is 1. The van der Waals surface area contributed by atoms with E-state index in [1.807, 2.05) is 53.7 Å². The predicted molar refractivity (Wildman–Crippen MR) is 147 cm³/mol. The summed E-state index contributed by atoms with van der Waals surface area (Å²) in [5, 5.41) is 11.1. The van der Waals surface area contributed by atoms with Crippen LogP contribution in [0.25, 0.3) is 0 Å². The van der Waals surface area contributed by atoms with Gasteiger partial charge in [0.05, 0.1) is 41.4 Å². The molecule has 0 aromatic heterocycles. The minimum atomic E-state index is -1.40. The number of hydrogen-bond donors (Lipinski definition) is 4. The highest BCUT2D eigenvalue weighted by atomic mass is 32.2. The molecule has 0 saturated heterocycles. The first-order chi connectivity index (χ1) is 18.2. The minimum Gasteiger partial charge on any atom is -0.593 e. The first-order valence-electron chi connectivity index (χ1n) is 12.4. The van der Waals surface area contributed by atoms with Crippen LogP contribution in [0.4, 0.5) is 5.69 Å². The Hall–Kier alpha value is -3.51. The third kappa shape index (κ3) is 6.30. The molecule has 1 saturated carbocycles. The maximum Gasteiger partial charge on any atom is 0.339 e. The van der Waals surface area contributed by atoms with E-state index in [1.54, 1.807) is 19.3 Å². The molecule has 0 amide bonds. The van der Waals surface area contributed by atoms with Gasteiger partial charge in [0, 0.05) is 37.0 Å². The number of carboxylic acids is 1. The number of nitrogens with zero attached hydrogens (tertiary/aromatic N) is 3. The Labute approximate surface area is 225 Å². The highest BCUT2D eigenvalue weighted by molar-refractivity contribution is 7.89. The van der Waals surface area contributed by atoms with E-state index < -0.39 is 17.3 Å². The molecule has 1 heterocycles. The van der Waals surface area contributed by atoms with Crippen molar-refractivity contribution in [2.75, 3.05) is 13.6 Å². The number of fused-ring (bicyclic) bond motifs is 1. The average Bonchev–Trinajstić information content (AvgIpc) is 3.69. The van der Waals surface area contributed by atoms with Crippen LogP contribution in [-0.2, 0) is 22.7 Å². The Morgan fingerprint density at radius 2 is 2.05 bits per heavy atom. The molecule has 1 aliphatic carbocycles. The maximum absolute atomic E-state index is 13.5. The van der Waals surface area contributed by atoms with Gasteiger partial charge >= 0.3 is 5.97 Å². The Morgan fingerprint density at radius 1 is 1.29 bits per heavy atom. The molecule has 10 nitrogen and oxygen atoms in total. The molecule has 202 valence electrons. The van der Waals surface area contributed by atoms with Crippen molar-refractivity contribution >= 4 is 28.7 Å². The van der Waals surface area contributed by atoms with Gasteiger partial charge in [0.1, 0.15) is 6.10 Å². The molecule has 1 aliphatic heterocycles. The van der Waals surface area contributed by atoms with Gasteiger partial charge in [0.15, 0.2) is 5.75 Å². The third-order valence-electron chi connectivity index (χ3n) is 6.54. The summed E-state index contributed by atoms with van der Waals surface area (Å²) in [6.45, 7) is 2.95. The monoisotopic (exact) mass is 538 g/mol. The summed E-state index contributed by atoms with van der Waals surface area (Å²) in [5.74, 6) is 4.89. The summed E-state index contributed by atoms with van der Waals surface area (Å²) in [6.07, 6.45) is 4.00. The summed E-state index contributed by atoms with van der Waals surface area (Å²) in [5.41, 5.74) is 14.2. The van der Waals surface area contributed by atoms with Crippen LogP contribution < -0.4 is 22.0 Å². The summed E-state index contributed by atoms with van der Waals surface area (Å²) in [4.78, 5) is 17.3. The zero-order valence-corrected chi connectivity index (χ0v) is 22.3. The number of carboxylic acid groups (broad SMARTS) is 1. The number of ether oxygens (including phenoxy) is 1. The molecule has 0 spiro atoms. The van der Waals surface area contributed by atoms with E-state index in [1.165, 1.54) is 5.01 Å². The fraction of sp³-hybridized carbons (Fsp3) is 0.333. The molecule has 11 heteroatoms. The van der Waals surface area contributed by atoms with Gasteiger partial charge < -0.3 is 30.9 Å². The van der Waals surface area contributed by atoms with Crippen LogP contribution in [0.5, 0.6) is 5.75 Å². The van der Waals surface area contributed by atoms with E-state index in [0.717, 1.165) is 18.2 Å². The zero-order chi connectivity index (χ0) is 27.4. The van der Waals surface area contributed by atoms with Crippen molar-refractivity contribution in [2.45, 2.75) is 37.3 Å². The van der Waals surface area contributed by atoms with Crippen molar-refractivity contribution in [1.29, 1.82) is 0 Å². The van der Waals surface area contributed by atoms with Crippen LogP contribution in [0.3, 0.4) is 0 Å². The van der Waals surface area contributed by atoms with Crippen LogP contribution in [0.1, 0.15) is 25.3 Å². The van der Waals surface area contributed by atoms with Gasteiger partial charge in [-0.25, -0.2) is 10.6 Å². The van der Waals surface area contributed by atoms with Gasteiger partial charge in [0.25, 0.3) is 0 Å². The summed E-state index contributed by atoms with van der Waals surface area (Å²) >= 11 is -1.40. The van der Waals surface area contributed by atoms with E-state index in [2.05, 4.69) is 0 Å². The predicted octanol–water partition coefficient (Wildman–Crippen LogP) is 2.62. The number of nitrogens with two attached hydrogens (primary N) is 3. The number of carbonyl (C=O) groups is 1. The Balaban J connectivity index is 1.62. The van der Waals surface area contributed by atoms with Gasteiger partial charge in [-0.15, -0.1) is 4.31 Å². The van der Waals surface area contributed by atoms with E-state index >= 15 is 0 Å². The zero-order valence-electron chi connectivity index (χ0n) is 21.5. The van der Waals surface area contributed by atoms with Crippen LogP contribution in [0.15, 0.2) is 82.1 Å². The normalized spacial score (nSPS) is 24.3. The fourth-order valence-corrected chi connectivity index (χ4v) is 5.88. The standard InChI is InChI=1S/C27H34N6O4S/c1-3-19-15-33(38(36)25-10-5-4-9-24(25)37-19)14-17-7-6-8-18(11-17)31-26(22(13-28)27(34)35)21-12-20(21)23(29)16-32(2)30/h4-11,13,16,19-21H,3,12,14-15,28-30H2,1-2H3,(H,34,35)/b22-13?,23-16-,31-26?/t19-,20?,21-,38?/m1/s1. The second kappa shape index (κ2) is 11.9. The molecule has 1 fully saturated rings. The number of hydrogen-bond acceptors (Lipinski definition) is 9. The molecule has 0 bridgehead atoms. The SMILES string of the molecule is CC[C@@H]1CN(Cc2cccc(N=C(C(=CN)C(=O)O)[C@@H]3CC3/C(N)=C/N(C)N)c2)[S+]([O-])c2ccccc2O1. The van der Waals surface area contributed by atoms with Crippen molar-refractivity contribution in [3.63, 3.8) is 0 Å². The molecule has 4 atom stereocenters. The molecule has 4 rings (SSSR count). The second-order valence-corrected chi connectivity index (χ2v) is 10.9. The van der Waals surface area contributed by atoms with E-state index in [0.29, 0.717) is 47.3 Å². The lowest BCUT2D eigenvalue weighted by molar-refractivity contribution is -0.132. The molecule has 0 radical (unpaired) electrons. The second-order valence-electron chi connectivity index (χ2n) is 9.46. The molecule has 7 N–H and O–H groups in total. The maximum atomic E-state index is 13.5. The quantitative estimate of drug-likeness (QED) is 0.123. The number of allylic oxidation sites excluding steroid dienone is 1. The largest absolute Gasteiger partial charge is 0.593 e. The number of rotatable bonds is 9. The lowest BCUT2D eigenvalue weighted by Crippen LogP contribution is -2.36. The number of aliphatic imine (C=N–C) groups is 1. The third-order valence-corrected chi connectivity index (χ3v) is 8.00. The Kier molecular flexibility index (Phi) is 8.62. The van der Waals surface area contributed by atoms with Gasteiger partial charge in [-0.3, -0.25) is 4.99 Å². The topological polar surface area (TPSA) is 166 Å². The molecule has 2 aromatic carbocycles. The van der Waals surface area contributed by atoms with E-state index in [9.17, 15) is 14.5 Å². The highest BCUT2D eigenvalue weighted by Gasteiger charge is 2.45. The first-order valence-corrected chi connectivity index (χ1v) is 13.5. The molecule has 38 heavy (non-hydrogen) atoms. The van der Waals surface area contributed by atoms with Gasteiger partial charge in [-0.2, -0.15) is 0 Å². The Bertz CT molecular complexity index is 1260. The lowest BCUT2D eigenvalue weighted by atomic mass is 10.0. The van der Waals surface area contributed by atoms with Crippen molar-refractivity contribution in [3.8, 4) is 5.75 Å². The minimum absolute atomic E-state index is 0.0648. The van der Waals surface area contributed by atoms with Crippen molar-refractivity contribution < 1.29 is 19.2 Å². The first kappa shape index (κ1) is 27.5. The summed E-state index contributed by atoms with van der Waals surface area (Å²) < 4.78 is 21.5. The summed E-state index contributed by atoms with van der Waals surface area (Å²) in [7, 11) is 1.66. The van der Waals surface area contributed by atoms with Crippen LogP contribution in [-0.4, -0.2) is 50.4 Å². The van der Waals surface area contributed by atoms with Crippen LogP contribution >= 0.6 is 0 Å². The fourth-order valence-electron chi connectivity index (χ4n) is 4.55. The molecular formula is C27H34N6O4S. The van der Waals surface area contributed by atoms with Crippen LogP contribution in [0.2, 0.25) is 0 Å². The van der Waals surface area contributed by atoms with Crippen molar-refractivity contribution in [3.05, 3.63) is 77.8 Å². The van der Waals surface area contributed by atoms with Crippen molar-refractivity contribution in [1.82, 2.24) is 9.31 Å². The van der Waals surface area contributed by atoms with Crippen molar-refractivity contribution in [2.24, 2.45) is 34.1 Å². The van der Waals surface area contributed by atoms with Gasteiger partial charge in [-0.1, -0.05) is 31.2 Å². The molecule has 2 aromatic rings. The molecule has 2 unspecified atom stereocenters. The van der Waals surface area contributed by atoms with Crippen LogP contribution in [0, 0.1) is 11.8 Å². The molecular weight excluding hydrogens is 504 g/mol.